The lowest BCUT2D eigenvalue weighted by Gasteiger charge is -2.00. The van der Waals surface area contributed by atoms with Crippen LogP contribution in [0, 0.1) is 19.5 Å². The Morgan fingerprint density at radius 1 is 1.57 bits per heavy atom. The molecule has 0 bridgehead atoms. The van der Waals surface area contributed by atoms with Crippen molar-refractivity contribution < 1.29 is 14.1 Å². The van der Waals surface area contributed by atoms with Crippen LogP contribution >= 0.6 is 22.6 Å². The van der Waals surface area contributed by atoms with Gasteiger partial charge in [0.1, 0.15) is 5.82 Å². The van der Waals surface area contributed by atoms with Crippen molar-refractivity contribution in [2.45, 2.75) is 6.92 Å². The van der Waals surface area contributed by atoms with E-state index >= 15 is 0 Å². The van der Waals surface area contributed by atoms with Crippen LogP contribution in [-0.2, 0) is 0 Å². The molecule has 0 unspecified atom stereocenters. The van der Waals surface area contributed by atoms with E-state index in [0.29, 0.717) is 0 Å². The highest BCUT2D eigenvalue weighted by atomic mass is 127. The number of nitro groups is 1. The van der Waals surface area contributed by atoms with E-state index < -0.39 is 16.5 Å². The van der Waals surface area contributed by atoms with E-state index in [1.807, 2.05) is 0 Å². The molecule has 0 saturated heterocycles. The lowest BCUT2D eigenvalue weighted by Crippen LogP contribution is -2.01. The number of hydrogen-bond acceptors (Lipinski definition) is 3. The van der Waals surface area contributed by atoms with Crippen LogP contribution in [0.5, 0.6) is 0 Å². The van der Waals surface area contributed by atoms with Gasteiger partial charge < -0.3 is 0 Å². The van der Waals surface area contributed by atoms with Gasteiger partial charge in [-0.25, -0.2) is 4.39 Å². The summed E-state index contributed by atoms with van der Waals surface area (Å²) in [5.41, 5.74) is -0.505. The van der Waals surface area contributed by atoms with E-state index in [4.69, 9.17) is 0 Å². The van der Waals surface area contributed by atoms with Crippen molar-refractivity contribution in [3.63, 3.8) is 0 Å². The number of halogens is 2. The van der Waals surface area contributed by atoms with Crippen molar-refractivity contribution in [2.75, 3.05) is 0 Å². The lowest BCUT2D eigenvalue weighted by atomic mass is 10.1. The fourth-order valence-electron chi connectivity index (χ4n) is 0.947. The summed E-state index contributed by atoms with van der Waals surface area (Å²) in [6.07, 6.45) is 0. The number of rotatable bonds is 2. The Labute approximate surface area is 92.4 Å². The van der Waals surface area contributed by atoms with Crippen LogP contribution in [0.25, 0.3) is 0 Å². The zero-order valence-electron chi connectivity index (χ0n) is 7.08. The van der Waals surface area contributed by atoms with Gasteiger partial charge in [0.25, 0.3) is 5.69 Å². The van der Waals surface area contributed by atoms with Crippen molar-refractivity contribution in [1.82, 2.24) is 0 Å². The first kappa shape index (κ1) is 11.0. The SMILES string of the molecule is CC(=O)c1cc([N+](=O)[O-])c(I)cc1F. The van der Waals surface area contributed by atoms with Crippen LogP contribution in [0.1, 0.15) is 17.3 Å². The molecule has 74 valence electrons. The first-order valence-corrected chi connectivity index (χ1v) is 4.65. The first-order chi connectivity index (χ1) is 6.43. The fourth-order valence-corrected chi connectivity index (χ4v) is 1.57. The van der Waals surface area contributed by atoms with Crippen molar-refractivity contribution >= 4 is 34.1 Å². The summed E-state index contributed by atoms with van der Waals surface area (Å²) in [5.74, 6) is -1.26. The molecule has 0 heterocycles. The van der Waals surface area contributed by atoms with Crippen molar-refractivity contribution in [2.24, 2.45) is 0 Å². The Morgan fingerprint density at radius 2 is 2.14 bits per heavy atom. The predicted octanol–water partition coefficient (Wildman–Crippen LogP) is 2.54. The van der Waals surface area contributed by atoms with Gasteiger partial charge in [-0.2, -0.15) is 0 Å². The zero-order valence-corrected chi connectivity index (χ0v) is 9.24. The highest BCUT2D eigenvalue weighted by molar-refractivity contribution is 14.1. The Hall–Kier alpha value is -1.05. The molecule has 4 nitrogen and oxygen atoms in total. The number of carbonyl (C=O) groups excluding carboxylic acids is 1. The molecule has 14 heavy (non-hydrogen) atoms. The maximum Gasteiger partial charge on any atom is 0.283 e. The number of benzene rings is 1. The summed E-state index contributed by atoms with van der Waals surface area (Å²) >= 11 is 1.65. The molecule has 0 atom stereocenters. The third-order valence-electron chi connectivity index (χ3n) is 1.61. The smallest absolute Gasteiger partial charge is 0.283 e. The van der Waals surface area contributed by atoms with Gasteiger partial charge in [0.2, 0.25) is 0 Å². The Balaban J connectivity index is 3.42. The second-order valence-electron chi connectivity index (χ2n) is 2.60. The van der Waals surface area contributed by atoms with Crippen molar-refractivity contribution in [1.29, 1.82) is 0 Å². The van der Waals surface area contributed by atoms with E-state index in [1.165, 1.54) is 0 Å². The second kappa shape index (κ2) is 3.99. The number of ketones is 1. The van der Waals surface area contributed by atoms with Gasteiger partial charge in [-0.15, -0.1) is 0 Å². The molecule has 0 radical (unpaired) electrons. The second-order valence-corrected chi connectivity index (χ2v) is 3.76. The van der Waals surface area contributed by atoms with Crippen LogP contribution in [0.2, 0.25) is 0 Å². The molecule has 0 fully saturated rings. The number of Topliss-reactive ketones (excluding diaryl/α,β-unsaturated/α-hetero) is 1. The summed E-state index contributed by atoms with van der Waals surface area (Å²) in [6.45, 7) is 1.16. The highest BCUT2D eigenvalue weighted by Crippen LogP contribution is 2.24. The van der Waals surface area contributed by atoms with Gasteiger partial charge >= 0.3 is 0 Å². The summed E-state index contributed by atoms with van der Waals surface area (Å²) < 4.78 is 13.3. The predicted molar refractivity (Wildman–Crippen MR) is 55.8 cm³/mol. The molecule has 0 N–H and O–H groups in total. The van der Waals surface area contributed by atoms with E-state index in [-0.39, 0.29) is 14.8 Å². The van der Waals surface area contributed by atoms with Crippen molar-refractivity contribution in [3.8, 4) is 0 Å². The highest BCUT2D eigenvalue weighted by Gasteiger charge is 2.18. The molecule has 0 aliphatic rings. The quantitative estimate of drug-likeness (QED) is 0.365. The molecule has 0 saturated carbocycles. The van der Waals surface area contributed by atoms with Gasteiger partial charge in [-0.3, -0.25) is 14.9 Å². The standard InChI is InChI=1S/C8H5FINO3/c1-4(12)5-2-8(11(13)14)7(10)3-6(5)9/h2-3H,1H3. The Bertz CT molecular complexity index is 384. The topological polar surface area (TPSA) is 60.2 Å². The molecule has 1 rings (SSSR count). The van der Waals surface area contributed by atoms with Crippen LogP contribution in [0.15, 0.2) is 12.1 Å². The summed E-state index contributed by atoms with van der Waals surface area (Å²) in [5, 5.41) is 10.5. The first-order valence-electron chi connectivity index (χ1n) is 3.58. The van der Waals surface area contributed by atoms with E-state index in [2.05, 4.69) is 0 Å². The third kappa shape index (κ3) is 2.06. The van der Waals surface area contributed by atoms with Gasteiger partial charge in [-0.05, 0) is 35.6 Å². The summed E-state index contributed by atoms with van der Waals surface area (Å²) in [7, 11) is 0. The molecule has 0 spiro atoms. The molecule has 6 heteroatoms. The van der Waals surface area contributed by atoms with Gasteiger partial charge in [0.15, 0.2) is 5.78 Å². The largest absolute Gasteiger partial charge is 0.294 e. The lowest BCUT2D eigenvalue weighted by molar-refractivity contribution is -0.385. The van der Waals surface area contributed by atoms with Crippen LogP contribution in [0.3, 0.4) is 0 Å². The Kier molecular flexibility index (Phi) is 3.14. The maximum atomic E-state index is 13.1. The number of nitrogens with zero attached hydrogens (tertiary/aromatic N) is 1. The molecule has 0 amide bonds. The zero-order chi connectivity index (χ0) is 10.9. The number of carbonyl (C=O) groups is 1. The number of hydrogen-bond donors (Lipinski definition) is 0. The molecule has 0 aliphatic heterocycles. The molecular formula is C8H5FINO3. The van der Waals surface area contributed by atoms with E-state index in [0.717, 1.165) is 19.1 Å². The normalized spacial score (nSPS) is 9.93. The summed E-state index contributed by atoms with van der Waals surface area (Å²) in [6, 6.07) is 1.94. The van der Waals surface area contributed by atoms with E-state index in [1.54, 1.807) is 22.6 Å². The molecule has 1 aromatic carbocycles. The van der Waals surface area contributed by atoms with Crippen molar-refractivity contribution in [3.05, 3.63) is 37.2 Å². The Morgan fingerprint density at radius 3 is 2.57 bits per heavy atom. The summed E-state index contributed by atoms with van der Waals surface area (Å²) in [4.78, 5) is 20.7. The van der Waals surface area contributed by atoms with Crippen LogP contribution in [-0.4, -0.2) is 10.7 Å². The minimum absolute atomic E-state index is 0.176. The monoisotopic (exact) mass is 309 g/mol. The van der Waals surface area contributed by atoms with Crippen LogP contribution < -0.4 is 0 Å². The third-order valence-corrected chi connectivity index (χ3v) is 2.48. The molecule has 0 aromatic heterocycles. The van der Waals surface area contributed by atoms with Gasteiger partial charge in [0.05, 0.1) is 14.1 Å². The maximum absolute atomic E-state index is 13.1. The van der Waals surface area contributed by atoms with Crippen LogP contribution in [0.4, 0.5) is 10.1 Å². The van der Waals surface area contributed by atoms with Gasteiger partial charge in [-0.1, -0.05) is 0 Å². The molecular weight excluding hydrogens is 304 g/mol. The molecule has 1 aromatic rings. The average Bonchev–Trinajstić information content (AvgIpc) is 2.02. The number of nitro benzene ring substituents is 1. The minimum Gasteiger partial charge on any atom is -0.294 e. The fraction of sp³-hybridized carbons (Fsp3) is 0.125. The average molecular weight is 309 g/mol. The van der Waals surface area contributed by atoms with E-state index in [9.17, 15) is 19.3 Å². The minimum atomic E-state index is -0.729. The molecule has 0 aliphatic carbocycles. The van der Waals surface area contributed by atoms with Gasteiger partial charge in [0, 0.05) is 6.07 Å².